The Morgan fingerprint density at radius 2 is 1.77 bits per heavy atom. The summed E-state index contributed by atoms with van der Waals surface area (Å²) in [6.45, 7) is 3.97. The number of ether oxygens (including phenoxy) is 1. The summed E-state index contributed by atoms with van der Waals surface area (Å²) in [5.74, 6) is 1.87. The van der Waals surface area contributed by atoms with Gasteiger partial charge in [-0.3, -0.25) is 0 Å². The van der Waals surface area contributed by atoms with Crippen molar-refractivity contribution in [3.05, 3.63) is 59.7 Å². The van der Waals surface area contributed by atoms with E-state index in [9.17, 15) is 5.11 Å². The highest BCUT2D eigenvalue weighted by Gasteiger charge is 2.16. The topological polar surface area (TPSA) is 49.7 Å². The van der Waals surface area contributed by atoms with Gasteiger partial charge in [-0.15, -0.1) is 0 Å². The summed E-state index contributed by atoms with van der Waals surface area (Å²) in [6.07, 6.45) is 0.841. The normalized spacial score (nSPS) is 13.6. The van der Waals surface area contributed by atoms with Gasteiger partial charge in [-0.05, 0) is 61.1 Å². The molecular formula is C19H24O3. The van der Waals surface area contributed by atoms with Crippen LogP contribution in [0.25, 0.3) is 0 Å². The number of hydrogen-bond acceptors (Lipinski definition) is 3. The molecule has 0 bridgehead atoms. The molecule has 0 aliphatic carbocycles. The van der Waals surface area contributed by atoms with Gasteiger partial charge in [-0.1, -0.05) is 31.2 Å². The van der Waals surface area contributed by atoms with Crippen LogP contribution in [0.5, 0.6) is 11.5 Å². The fourth-order valence-electron chi connectivity index (χ4n) is 2.71. The number of aryl methyl sites for hydroxylation is 1. The molecule has 2 atom stereocenters. The highest BCUT2D eigenvalue weighted by atomic mass is 16.5. The van der Waals surface area contributed by atoms with Crippen LogP contribution in [0.3, 0.4) is 0 Å². The summed E-state index contributed by atoms with van der Waals surface area (Å²) in [5.41, 5.74) is 2.35. The smallest absolute Gasteiger partial charge is 0.127 e. The molecule has 118 valence electrons. The average Bonchev–Trinajstić information content (AvgIpc) is 2.54. The van der Waals surface area contributed by atoms with Crippen LogP contribution in [0.4, 0.5) is 0 Å². The van der Waals surface area contributed by atoms with Crippen molar-refractivity contribution in [2.24, 2.45) is 0 Å². The van der Waals surface area contributed by atoms with E-state index in [0.717, 1.165) is 23.5 Å². The Balaban J connectivity index is 2.14. The number of rotatable bonds is 7. The third kappa shape index (κ3) is 4.33. The standard InChI is InChI=1S/C19H24O3/c1-3-15(12-16(21)13-20)19-10-9-18(11-14(19)2)22-17-7-5-4-6-8-17/h4-11,15-16,20-21H,3,12-13H2,1-2H3. The Kier molecular flexibility index (Phi) is 5.99. The van der Waals surface area contributed by atoms with Gasteiger partial charge >= 0.3 is 0 Å². The Hall–Kier alpha value is -1.84. The van der Waals surface area contributed by atoms with E-state index < -0.39 is 6.10 Å². The van der Waals surface area contributed by atoms with E-state index in [1.165, 1.54) is 5.56 Å². The van der Waals surface area contributed by atoms with Gasteiger partial charge < -0.3 is 14.9 Å². The molecule has 2 aromatic carbocycles. The third-order valence-corrected chi connectivity index (χ3v) is 3.92. The first-order valence-electron chi connectivity index (χ1n) is 7.76. The Bertz CT molecular complexity index is 580. The second-order valence-electron chi connectivity index (χ2n) is 5.61. The van der Waals surface area contributed by atoms with Crippen LogP contribution >= 0.6 is 0 Å². The predicted octanol–water partition coefficient (Wildman–Crippen LogP) is 4.02. The molecule has 2 rings (SSSR count). The third-order valence-electron chi connectivity index (χ3n) is 3.92. The zero-order valence-electron chi connectivity index (χ0n) is 13.2. The summed E-state index contributed by atoms with van der Waals surface area (Å²) < 4.78 is 5.84. The molecule has 0 fully saturated rings. The summed E-state index contributed by atoms with van der Waals surface area (Å²) in [5, 5.41) is 18.7. The summed E-state index contributed by atoms with van der Waals surface area (Å²) in [6, 6.07) is 15.7. The van der Waals surface area contributed by atoms with E-state index in [1.54, 1.807) is 0 Å². The lowest BCUT2D eigenvalue weighted by atomic mass is 9.88. The number of hydrogen-bond donors (Lipinski definition) is 2. The van der Waals surface area contributed by atoms with E-state index in [4.69, 9.17) is 9.84 Å². The van der Waals surface area contributed by atoms with Crippen molar-refractivity contribution in [2.75, 3.05) is 6.61 Å². The quantitative estimate of drug-likeness (QED) is 0.812. The molecule has 0 radical (unpaired) electrons. The molecule has 0 aliphatic rings. The maximum atomic E-state index is 9.69. The molecule has 0 saturated heterocycles. The molecule has 3 heteroatoms. The summed E-state index contributed by atoms with van der Waals surface area (Å²) >= 11 is 0. The van der Waals surface area contributed by atoms with Crippen LogP contribution in [0.15, 0.2) is 48.5 Å². The molecule has 0 amide bonds. The molecule has 0 aliphatic heterocycles. The van der Waals surface area contributed by atoms with E-state index >= 15 is 0 Å². The lowest BCUT2D eigenvalue weighted by Gasteiger charge is -2.20. The Morgan fingerprint density at radius 1 is 1.05 bits per heavy atom. The summed E-state index contributed by atoms with van der Waals surface area (Å²) in [7, 11) is 0. The van der Waals surface area contributed by atoms with E-state index in [1.807, 2.05) is 42.5 Å². The largest absolute Gasteiger partial charge is 0.457 e. The van der Waals surface area contributed by atoms with Gasteiger partial charge in [0.15, 0.2) is 0 Å². The predicted molar refractivity (Wildman–Crippen MR) is 88.4 cm³/mol. The first kappa shape index (κ1) is 16.5. The highest BCUT2D eigenvalue weighted by Crippen LogP contribution is 2.31. The first-order chi connectivity index (χ1) is 10.6. The van der Waals surface area contributed by atoms with Crippen LogP contribution < -0.4 is 4.74 Å². The van der Waals surface area contributed by atoms with Gasteiger partial charge in [0.05, 0.1) is 12.7 Å². The van der Waals surface area contributed by atoms with Gasteiger partial charge in [-0.25, -0.2) is 0 Å². The maximum Gasteiger partial charge on any atom is 0.127 e. The molecule has 0 saturated carbocycles. The minimum atomic E-state index is -0.662. The van der Waals surface area contributed by atoms with E-state index in [0.29, 0.717) is 6.42 Å². The van der Waals surface area contributed by atoms with Gasteiger partial charge in [0, 0.05) is 0 Å². The number of aliphatic hydroxyl groups is 2. The molecule has 3 nitrogen and oxygen atoms in total. The van der Waals surface area contributed by atoms with Gasteiger partial charge in [0.2, 0.25) is 0 Å². The maximum absolute atomic E-state index is 9.69. The molecule has 2 unspecified atom stereocenters. The van der Waals surface area contributed by atoms with Crippen molar-refractivity contribution in [1.29, 1.82) is 0 Å². The van der Waals surface area contributed by atoms with Gasteiger partial charge in [-0.2, -0.15) is 0 Å². The number of aliphatic hydroxyl groups excluding tert-OH is 2. The first-order valence-corrected chi connectivity index (χ1v) is 7.76. The van der Waals surface area contributed by atoms with Crippen LogP contribution in [-0.2, 0) is 0 Å². The van der Waals surface area contributed by atoms with Crippen molar-refractivity contribution in [3.63, 3.8) is 0 Å². The Morgan fingerprint density at radius 3 is 2.36 bits per heavy atom. The zero-order chi connectivity index (χ0) is 15.9. The number of benzene rings is 2. The minimum absolute atomic E-state index is 0.190. The van der Waals surface area contributed by atoms with Crippen LogP contribution in [0.2, 0.25) is 0 Å². The van der Waals surface area contributed by atoms with E-state index in [-0.39, 0.29) is 12.5 Å². The molecular weight excluding hydrogens is 276 g/mol. The average molecular weight is 300 g/mol. The minimum Gasteiger partial charge on any atom is -0.457 e. The molecule has 22 heavy (non-hydrogen) atoms. The van der Waals surface area contributed by atoms with Crippen molar-refractivity contribution in [3.8, 4) is 11.5 Å². The Labute approximate surface area is 132 Å². The SMILES string of the molecule is CCC(CC(O)CO)c1ccc(Oc2ccccc2)cc1C. The van der Waals surface area contributed by atoms with Crippen LogP contribution in [0, 0.1) is 6.92 Å². The zero-order valence-corrected chi connectivity index (χ0v) is 13.2. The van der Waals surface area contributed by atoms with Crippen LogP contribution in [0.1, 0.15) is 36.8 Å². The second-order valence-corrected chi connectivity index (χ2v) is 5.61. The highest BCUT2D eigenvalue weighted by molar-refractivity contribution is 5.39. The summed E-state index contributed by atoms with van der Waals surface area (Å²) in [4.78, 5) is 0. The molecule has 0 heterocycles. The fourth-order valence-corrected chi connectivity index (χ4v) is 2.71. The molecule has 2 N–H and O–H groups in total. The second kappa shape index (κ2) is 7.97. The van der Waals surface area contributed by atoms with Crippen LogP contribution in [-0.4, -0.2) is 22.9 Å². The lowest BCUT2D eigenvalue weighted by Crippen LogP contribution is -2.16. The van der Waals surface area contributed by atoms with Crippen molar-refractivity contribution in [2.45, 2.75) is 38.7 Å². The molecule has 0 aromatic heterocycles. The van der Waals surface area contributed by atoms with Crippen molar-refractivity contribution in [1.82, 2.24) is 0 Å². The lowest BCUT2D eigenvalue weighted by molar-refractivity contribution is 0.0817. The van der Waals surface area contributed by atoms with Gasteiger partial charge in [0.25, 0.3) is 0 Å². The van der Waals surface area contributed by atoms with E-state index in [2.05, 4.69) is 19.9 Å². The molecule has 2 aromatic rings. The van der Waals surface area contributed by atoms with Crippen molar-refractivity contribution < 1.29 is 14.9 Å². The fraction of sp³-hybridized carbons (Fsp3) is 0.368. The van der Waals surface area contributed by atoms with Crippen molar-refractivity contribution >= 4 is 0 Å². The monoisotopic (exact) mass is 300 g/mol. The number of para-hydroxylation sites is 1. The molecule has 0 spiro atoms. The van der Waals surface area contributed by atoms with Gasteiger partial charge in [0.1, 0.15) is 11.5 Å².